The molecule has 1 aliphatic heterocycles. The van der Waals surface area contributed by atoms with Crippen molar-refractivity contribution in [3.05, 3.63) is 0 Å². The van der Waals surface area contributed by atoms with Gasteiger partial charge in [0.25, 0.3) is 0 Å². The number of thioether (sulfide) groups is 1. The van der Waals surface area contributed by atoms with Gasteiger partial charge < -0.3 is 29.7 Å². The quantitative estimate of drug-likeness (QED) is 0.312. The van der Waals surface area contributed by atoms with Gasteiger partial charge in [0.05, 0.1) is 39.6 Å². The third kappa shape index (κ3) is 13.9. The van der Waals surface area contributed by atoms with E-state index in [2.05, 4.69) is 35.6 Å². The van der Waals surface area contributed by atoms with Crippen molar-refractivity contribution in [2.45, 2.75) is 38.8 Å². The average molecular weight is 378 g/mol. The summed E-state index contributed by atoms with van der Waals surface area (Å²) in [6.45, 7) is 12.9. The largest absolute Gasteiger partial charge is 0.378 e. The zero-order chi connectivity index (χ0) is 18.2. The van der Waals surface area contributed by atoms with Crippen LogP contribution in [0.4, 0.5) is 0 Å². The Balaban J connectivity index is 1.78. The van der Waals surface area contributed by atoms with E-state index in [1.165, 1.54) is 25.9 Å². The van der Waals surface area contributed by atoms with Crippen LogP contribution >= 0.6 is 11.8 Å². The van der Waals surface area contributed by atoms with Crippen LogP contribution in [0.1, 0.15) is 26.7 Å². The van der Waals surface area contributed by atoms with Crippen LogP contribution in [-0.4, -0.2) is 94.9 Å². The predicted molar refractivity (Wildman–Crippen MR) is 107 cm³/mol. The van der Waals surface area contributed by atoms with Crippen molar-refractivity contribution < 1.29 is 14.2 Å². The molecule has 0 aliphatic carbocycles. The van der Waals surface area contributed by atoms with E-state index in [0.717, 1.165) is 32.2 Å². The summed E-state index contributed by atoms with van der Waals surface area (Å²) in [4.78, 5) is 2.50. The lowest BCUT2D eigenvalue weighted by Gasteiger charge is -2.33. The third-order valence-corrected chi connectivity index (χ3v) is 4.61. The van der Waals surface area contributed by atoms with Crippen molar-refractivity contribution >= 4 is 11.8 Å². The maximum Gasteiger partial charge on any atom is 0.0701 e. The van der Waals surface area contributed by atoms with Crippen LogP contribution in [0.25, 0.3) is 0 Å². The third-order valence-electron chi connectivity index (χ3n) is 4.12. The first-order valence-electron chi connectivity index (χ1n) is 9.63. The van der Waals surface area contributed by atoms with Crippen molar-refractivity contribution in [1.82, 2.24) is 15.5 Å². The van der Waals surface area contributed by atoms with Gasteiger partial charge in [0.1, 0.15) is 0 Å². The smallest absolute Gasteiger partial charge is 0.0701 e. The van der Waals surface area contributed by atoms with Gasteiger partial charge in [0.2, 0.25) is 0 Å². The molecule has 0 spiro atoms. The van der Waals surface area contributed by atoms with E-state index in [9.17, 15) is 0 Å². The number of piperidine rings is 1. The molecule has 0 radical (unpaired) electrons. The Kier molecular flexibility index (Phi) is 15.1. The van der Waals surface area contributed by atoms with E-state index in [4.69, 9.17) is 14.2 Å². The summed E-state index contributed by atoms with van der Waals surface area (Å²) in [6, 6.07) is 1.27. The Labute approximate surface area is 158 Å². The van der Waals surface area contributed by atoms with Crippen LogP contribution in [-0.2, 0) is 14.2 Å². The van der Waals surface area contributed by atoms with Gasteiger partial charge in [-0.25, -0.2) is 0 Å². The molecular weight excluding hydrogens is 338 g/mol. The van der Waals surface area contributed by atoms with Gasteiger partial charge in [0.15, 0.2) is 0 Å². The molecule has 1 saturated heterocycles. The summed E-state index contributed by atoms with van der Waals surface area (Å²) in [6.07, 6.45) is 4.57. The maximum atomic E-state index is 5.66. The van der Waals surface area contributed by atoms with E-state index in [-0.39, 0.29) is 0 Å². The van der Waals surface area contributed by atoms with Gasteiger partial charge in [-0.15, -0.1) is 11.8 Å². The minimum absolute atomic E-state index is 0.585. The second-order valence-corrected chi connectivity index (χ2v) is 7.57. The minimum Gasteiger partial charge on any atom is -0.378 e. The Bertz CT molecular complexity index is 291. The summed E-state index contributed by atoms with van der Waals surface area (Å²) >= 11 is 1.78. The Morgan fingerprint density at radius 3 is 2.16 bits per heavy atom. The van der Waals surface area contributed by atoms with E-state index < -0.39 is 0 Å². The molecule has 0 aromatic rings. The average Bonchev–Trinajstić information content (AvgIpc) is 2.60. The van der Waals surface area contributed by atoms with E-state index in [1.54, 1.807) is 11.8 Å². The molecule has 7 heteroatoms. The number of hydrogen-bond acceptors (Lipinski definition) is 7. The van der Waals surface area contributed by atoms with Crippen LogP contribution in [0.2, 0.25) is 0 Å². The van der Waals surface area contributed by atoms with Gasteiger partial charge >= 0.3 is 0 Å². The maximum absolute atomic E-state index is 5.66. The summed E-state index contributed by atoms with van der Waals surface area (Å²) < 4.78 is 16.6. The highest BCUT2D eigenvalue weighted by molar-refractivity contribution is 7.98. The zero-order valence-electron chi connectivity index (χ0n) is 16.4. The molecule has 0 bridgehead atoms. The molecule has 0 atom stereocenters. The summed E-state index contributed by atoms with van der Waals surface area (Å²) in [5.41, 5.74) is 0. The molecular formula is C18H39N3O3S. The zero-order valence-corrected chi connectivity index (χ0v) is 17.2. The highest BCUT2D eigenvalue weighted by Crippen LogP contribution is 2.10. The van der Waals surface area contributed by atoms with Crippen LogP contribution in [0.5, 0.6) is 0 Å². The number of nitrogens with one attached hydrogen (secondary N) is 2. The predicted octanol–water partition coefficient (Wildman–Crippen LogP) is 1.41. The van der Waals surface area contributed by atoms with Crippen LogP contribution in [0, 0.1) is 0 Å². The van der Waals surface area contributed by atoms with Crippen LogP contribution in [0.15, 0.2) is 0 Å². The van der Waals surface area contributed by atoms with Gasteiger partial charge in [-0.1, -0.05) is 13.8 Å². The lowest BCUT2D eigenvalue weighted by atomic mass is 10.0. The molecule has 0 saturated carbocycles. The number of nitrogens with zero attached hydrogens (tertiary/aromatic N) is 1. The number of ether oxygens (including phenoxy) is 3. The standard InChI is InChI=1S/C18H39N3O3S/c1-17(2)20-18-4-7-21(8-5-18)9-11-23-13-15-24-14-12-22-10-6-19-16-25-3/h17-20H,4-16H2,1-3H3. The van der Waals surface area contributed by atoms with Crippen molar-refractivity contribution in [3.63, 3.8) is 0 Å². The lowest BCUT2D eigenvalue weighted by Crippen LogP contribution is -2.45. The molecule has 0 amide bonds. The summed E-state index contributed by atoms with van der Waals surface area (Å²) in [5.74, 6) is 0.976. The monoisotopic (exact) mass is 377 g/mol. The number of likely N-dealkylation sites (tertiary alicyclic amines) is 1. The fraction of sp³-hybridized carbons (Fsp3) is 1.00. The van der Waals surface area contributed by atoms with Crippen LogP contribution in [0.3, 0.4) is 0 Å². The molecule has 0 unspecified atom stereocenters. The van der Waals surface area contributed by atoms with Crippen molar-refractivity contribution in [3.8, 4) is 0 Å². The highest BCUT2D eigenvalue weighted by atomic mass is 32.2. The fourth-order valence-electron chi connectivity index (χ4n) is 2.85. The van der Waals surface area contributed by atoms with E-state index >= 15 is 0 Å². The molecule has 1 heterocycles. The Morgan fingerprint density at radius 1 is 0.960 bits per heavy atom. The first kappa shape index (κ1) is 23.1. The van der Waals surface area contributed by atoms with Gasteiger partial charge in [-0.05, 0) is 32.2 Å². The highest BCUT2D eigenvalue weighted by Gasteiger charge is 2.18. The molecule has 1 aliphatic rings. The van der Waals surface area contributed by atoms with Crippen molar-refractivity contribution in [2.75, 3.05) is 78.0 Å². The van der Waals surface area contributed by atoms with Gasteiger partial charge in [-0.2, -0.15) is 0 Å². The Hall–Kier alpha value is 0.110. The number of rotatable bonds is 16. The molecule has 6 nitrogen and oxygen atoms in total. The second-order valence-electron chi connectivity index (χ2n) is 6.71. The van der Waals surface area contributed by atoms with E-state index in [1.807, 2.05) is 0 Å². The topological polar surface area (TPSA) is 55.0 Å². The molecule has 1 fully saturated rings. The van der Waals surface area contributed by atoms with Crippen LogP contribution < -0.4 is 10.6 Å². The SMILES string of the molecule is CSCNCCOCCOCCOCCN1CCC(NC(C)C)CC1. The number of hydrogen-bond donors (Lipinski definition) is 2. The van der Waals surface area contributed by atoms with Gasteiger partial charge in [-0.3, -0.25) is 0 Å². The lowest BCUT2D eigenvalue weighted by molar-refractivity contribution is 0.00992. The molecule has 0 aromatic carbocycles. The molecule has 150 valence electrons. The van der Waals surface area contributed by atoms with E-state index in [0.29, 0.717) is 38.5 Å². The summed E-state index contributed by atoms with van der Waals surface area (Å²) in [7, 11) is 0. The fourth-order valence-corrected chi connectivity index (χ4v) is 3.20. The molecule has 1 rings (SSSR count). The minimum atomic E-state index is 0.585. The first-order chi connectivity index (χ1) is 12.2. The second kappa shape index (κ2) is 16.3. The normalized spacial score (nSPS) is 16.8. The van der Waals surface area contributed by atoms with Crippen molar-refractivity contribution in [1.29, 1.82) is 0 Å². The first-order valence-corrected chi connectivity index (χ1v) is 11.0. The molecule has 2 N–H and O–H groups in total. The van der Waals surface area contributed by atoms with Crippen molar-refractivity contribution in [2.24, 2.45) is 0 Å². The molecule has 0 aromatic heterocycles. The summed E-state index contributed by atoms with van der Waals surface area (Å²) in [5, 5.41) is 6.90. The molecule has 25 heavy (non-hydrogen) atoms. The Morgan fingerprint density at radius 2 is 1.56 bits per heavy atom. The van der Waals surface area contributed by atoms with Gasteiger partial charge in [0, 0.05) is 31.0 Å².